The van der Waals surface area contributed by atoms with Crippen molar-refractivity contribution < 1.29 is 27.9 Å². The molecule has 0 amide bonds. The smallest absolute Gasteiger partial charge is 0.323 e. The Morgan fingerprint density at radius 1 is 1.04 bits per heavy atom. The van der Waals surface area contributed by atoms with Gasteiger partial charge in [-0.1, -0.05) is 11.6 Å². The molecule has 1 aromatic carbocycles. The zero-order valence-electron chi connectivity index (χ0n) is 12.6. The molecule has 0 spiro atoms. The molecular weight excluding hydrogens is 403 g/mol. The molecule has 0 saturated heterocycles. The van der Waals surface area contributed by atoms with Crippen LogP contribution >= 0.6 is 11.6 Å². The fourth-order valence-electron chi connectivity index (χ4n) is 2.03. The van der Waals surface area contributed by atoms with Crippen LogP contribution in [0.15, 0.2) is 24.4 Å². The van der Waals surface area contributed by atoms with Gasteiger partial charge in [-0.3, -0.25) is 30.3 Å². The van der Waals surface area contributed by atoms with Crippen molar-refractivity contribution in [3.63, 3.8) is 0 Å². The number of rotatable bonds is 5. The van der Waals surface area contributed by atoms with Crippen LogP contribution in [0.3, 0.4) is 0 Å². The van der Waals surface area contributed by atoms with Crippen LogP contribution in [0, 0.1) is 30.3 Å². The second-order valence-electron chi connectivity index (χ2n) is 4.75. The Labute approximate surface area is 150 Å². The zero-order chi connectivity index (χ0) is 20.5. The van der Waals surface area contributed by atoms with E-state index in [0.29, 0.717) is 0 Å². The lowest BCUT2D eigenvalue weighted by atomic mass is 10.1. The summed E-state index contributed by atoms with van der Waals surface area (Å²) in [6, 6.07) is 2.07. The summed E-state index contributed by atoms with van der Waals surface area (Å²) >= 11 is 5.46. The summed E-state index contributed by atoms with van der Waals surface area (Å²) < 4.78 is 39.0. The molecule has 15 heteroatoms. The second kappa shape index (κ2) is 6.99. The van der Waals surface area contributed by atoms with E-state index in [-0.39, 0.29) is 6.07 Å². The number of aromatic nitrogens is 1. The van der Waals surface area contributed by atoms with E-state index < -0.39 is 60.1 Å². The van der Waals surface area contributed by atoms with E-state index in [1.807, 2.05) is 5.32 Å². The van der Waals surface area contributed by atoms with Gasteiger partial charge in [0.05, 0.1) is 20.3 Å². The predicted octanol–water partition coefficient (Wildman–Crippen LogP) is 4.22. The number of nitro groups is 3. The summed E-state index contributed by atoms with van der Waals surface area (Å²) in [5.41, 5.74) is -6.44. The van der Waals surface area contributed by atoms with Gasteiger partial charge in [0, 0.05) is 18.3 Å². The Morgan fingerprint density at radius 3 is 2.11 bits per heavy atom. The van der Waals surface area contributed by atoms with Gasteiger partial charge >= 0.3 is 23.2 Å². The van der Waals surface area contributed by atoms with Crippen LogP contribution in [-0.4, -0.2) is 19.8 Å². The molecule has 2 rings (SSSR count). The van der Waals surface area contributed by atoms with Crippen LogP contribution in [0.25, 0.3) is 0 Å². The molecule has 0 radical (unpaired) electrons. The predicted molar refractivity (Wildman–Crippen MR) is 83.9 cm³/mol. The molecule has 142 valence electrons. The third kappa shape index (κ3) is 3.84. The number of anilines is 2. The lowest BCUT2D eigenvalue weighted by Gasteiger charge is -2.13. The van der Waals surface area contributed by atoms with Gasteiger partial charge in [-0.2, -0.15) is 13.2 Å². The second-order valence-corrected chi connectivity index (χ2v) is 5.12. The van der Waals surface area contributed by atoms with E-state index in [1.54, 1.807) is 0 Å². The Morgan fingerprint density at radius 2 is 1.63 bits per heavy atom. The molecule has 0 saturated carbocycles. The molecule has 0 unspecified atom stereocenters. The standard InChI is InChI=1S/C12H5ClF3N5O6/c13-8-5(12(14,15)16)4-7(20(24)25)9(10(8)21(26)27)18-11-6(19(22)23)2-1-3-17-11/h1-4H,(H,17,18). The lowest BCUT2D eigenvalue weighted by Crippen LogP contribution is -2.11. The number of benzene rings is 1. The molecule has 0 aliphatic carbocycles. The molecule has 0 bridgehead atoms. The number of nitrogens with one attached hydrogen (secondary N) is 1. The number of hydrogen-bond acceptors (Lipinski definition) is 8. The van der Waals surface area contributed by atoms with Crippen LogP contribution in [0.5, 0.6) is 0 Å². The fraction of sp³-hybridized carbons (Fsp3) is 0.0833. The van der Waals surface area contributed by atoms with Crippen molar-refractivity contribution in [2.75, 3.05) is 5.32 Å². The van der Waals surface area contributed by atoms with E-state index in [2.05, 4.69) is 4.98 Å². The minimum absolute atomic E-state index is 0.00750. The van der Waals surface area contributed by atoms with Gasteiger partial charge in [0.1, 0.15) is 5.02 Å². The lowest BCUT2D eigenvalue weighted by molar-refractivity contribution is -0.392. The average Bonchev–Trinajstić information content (AvgIpc) is 2.53. The van der Waals surface area contributed by atoms with Gasteiger partial charge < -0.3 is 5.32 Å². The summed E-state index contributed by atoms with van der Waals surface area (Å²) in [5, 5.41) is 34.0. The Hall–Kier alpha value is -3.55. The third-order valence-corrected chi connectivity index (χ3v) is 3.51. The van der Waals surface area contributed by atoms with Crippen molar-refractivity contribution in [2.45, 2.75) is 6.18 Å². The van der Waals surface area contributed by atoms with Gasteiger partial charge in [-0.15, -0.1) is 0 Å². The first-order valence-electron chi connectivity index (χ1n) is 6.54. The number of alkyl halides is 3. The first-order valence-corrected chi connectivity index (χ1v) is 6.91. The van der Waals surface area contributed by atoms with Crippen LogP contribution in [0.1, 0.15) is 5.56 Å². The molecule has 27 heavy (non-hydrogen) atoms. The summed E-state index contributed by atoms with van der Waals surface area (Å²) in [6.45, 7) is 0. The van der Waals surface area contributed by atoms with Crippen LogP contribution < -0.4 is 5.32 Å². The minimum Gasteiger partial charge on any atom is -0.323 e. The summed E-state index contributed by atoms with van der Waals surface area (Å²) in [5.74, 6) is -0.662. The van der Waals surface area contributed by atoms with Crippen molar-refractivity contribution in [1.29, 1.82) is 0 Å². The summed E-state index contributed by atoms with van der Waals surface area (Å²) in [7, 11) is 0. The van der Waals surface area contributed by atoms with E-state index >= 15 is 0 Å². The zero-order valence-corrected chi connectivity index (χ0v) is 13.3. The number of pyridine rings is 1. The van der Waals surface area contributed by atoms with Crippen molar-refractivity contribution >= 4 is 40.2 Å². The van der Waals surface area contributed by atoms with Crippen LogP contribution in [0.2, 0.25) is 5.02 Å². The molecule has 1 heterocycles. The molecule has 1 N–H and O–H groups in total. The minimum atomic E-state index is -5.22. The first kappa shape index (κ1) is 19.8. The third-order valence-electron chi connectivity index (χ3n) is 3.13. The van der Waals surface area contributed by atoms with Crippen molar-refractivity contribution in [1.82, 2.24) is 4.98 Å². The highest BCUT2D eigenvalue weighted by atomic mass is 35.5. The molecule has 0 fully saturated rings. The van der Waals surface area contributed by atoms with Crippen molar-refractivity contribution in [2.24, 2.45) is 0 Å². The van der Waals surface area contributed by atoms with Crippen molar-refractivity contribution in [3.8, 4) is 0 Å². The van der Waals surface area contributed by atoms with Gasteiger partial charge in [0.25, 0.3) is 0 Å². The molecule has 1 aromatic heterocycles. The number of hydrogen-bond donors (Lipinski definition) is 1. The molecule has 0 aliphatic rings. The topological polar surface area (TPSA) is 154 Å². The molecule has 0 atom stereocenters. The molecule has 11 nitrogen and oxygen atoms in total. The van der Waals surface area contributed by atoms with Gasteiger partial charge in [0.2, 0.25) is 5.82 Å². The Balaban J connectivity index is 2.83. The molecule has 0 aliphatic heterocycles. The van der Waals surface area contributed by atoms with E-state index in [4.69, 9.17) is 11.6 Å². The largest absolute Gasteiger partial charge is 0.418 e. The SMILES string of the molecule is O=[N+]([O-])c1cccnc1Nc1c([N+](=O)[O-])cc(C(F)(F)F)c(Cl)c1[N+](=O)[O-]. The Kier molecular flexibility index (Phi) is 5.12. The van der Waals surface area contributed by atoms with E-state index in [9.17, 15) is 43.5 Å². The normalized spacial score (nSPS) is 11.1. The molecular formula is C12H5ClF3N5O6. The monoisotopic (exact) mass is 407 g/mol. The highest BCUT2D eigenvalue weighted by molar-refractivity contribution is 6.34. The number of halogens is 4. The van der Waals surface area contributed by atoms with Crippen LogP contribution in [0.4, 0.5) is 41.7 Å². The maximum absolute atomic E-state index is 13.0. The maximum atomic E-state index is 13.0. The maximum Gasteiger partial charge on any atom is 0.418 e. The van der Waals surface area contributed by atoms with E-state index in [0.717, 1.165) is 18.3 Å². The summed E-state index contributed by atoms with van der Waals surface area (Å²) in [4.78, 5) is 33.3. The number of nitrogens with zero attached hydrogens (tertiary/aromatic N) is 4. The summed E-state index contributed by atoms with van der Waals surface area (Å²) in [6.07, 6.45) is -4.19. The van der Waals surface area contributed by atoms with Gasteiger partial charge in [-0.25, -0.2) is 4.98 Å². The average molecular weight is 408 g/mol. The van der Waals surface area contributed by atoms with Gasteiger partial charge in [0.15, 0.2) is 5.69 Å². The Bertz CT molecular complexity index is 967. The highest BCUT2D eigenvalue weighted by Crippen LogP contribution is 2.48. The van der Waals surface area contributed by atoms with Gasteiger partial charge in [-0.05, 0) is 6.07 Å². The van der Waals surface area contributed by atoms with Crippen molar-refractivity contribution in [3.05, 3.63) is 65.3 Å². The number of nitro benzene ring substituents is 2. The molecule has 2 aromatic rings. The fourth-order valence-corrected chi connectivity index (χ4v) is 2.36. The van der Waals surface area contributed by atoms with E-state index in [1.165, 1.54) is 0 Å². The highest BCUT2D eigenvalue weighted by Gasteiger charge is 2.42. The van der Waals surface area contributed by atoms with Crippen LogP contribution in [-0.2, 0) is 6.18 Å². The quantitative estimate of drug-likeness (QED) is 0.570. The first-order chi connectivity index (χ1) is 12.4.